The molecule has 0 unspecified atom stereocenters. The predicted molar refractivity (Wildman–Crippen MR) is 85.8 cm³/mol. The van der Waals surface area contributed by atoms with Crippen LogP contribution in [0.25, 0.3) is 0 Å². The molecule has 4 heteroatoms. The molecule has 0 aliphatic carbocycles. The molecule has 19 heavy (non-hydrogen) atoms. The van der Waals surface area contributed by atoms with Crippen molar-refractivity contribution in [2.24, 2.45) is 0 Å². The molecule has 1 heterocycles. The van der Waals surface area contributed by atoms with Crippen LogP contribution in [0.4, 0.5) is 5.69 Å². The Bertz CT molecular complexity index is 400. The Kier molecular flexibility index (Phi) is 5.67. The molecule has 1 aromatic carbocycles. The highest BCUT2D eigenvalue weighted by molar-refractivity contribution is 9.10. The monoisotopic (exact) mass is 325 g/mol. The number of nitrogens with zero attached hydrogens (tertiary/aromatic N) is 2. The molecule has 1 aliphatic heterocycles. The Morgan fingerprint density at radius 1 is 1.16 bits per heavy atom. The largest absolute Gasteiger partial charge is 0.369 e. The van der Waals surface area contributed by atoms with Crippen molar-refractivity contribution in [2.75, 3.05) is 44.2 Å². The number of rotatable bonds is 5. The van der Waals surface area contributed by atoms with Crippen LogP contribution >= 0.6 is 15.9 Å². The molecule has 106 valence electrons. The van der Waals surface area contributed by atoms with Gasteiger partial charge in [0.15, 0.2) is 0 Å². The van der Waals surface area contributed by atoms with Crippen LogP contribution in [0.1, 0.15) is 19.4 Å². The second kappa shape index (κ2) is 7.27. The summed E-state index contributed by atoms with van der Waals surface area (Å²) < 4.78 is 1.16. The third-order valence-electron chi connectivity index (χ3n) is 3.77. The van der Waals surface area contributed by atoms with E-state index in [0.717, 1.165) is 30.7 Å². The van der Waals surface area contributed by atoms with Crippen molar-refractivity contribution in [3.05, 3.63) is 28.2 Å². The fourth-order valence-electron chi connectivity index (χ4n) is 2.57. The standard InChI is InChI=1S/C15H24BrN3/c1-3-17-12-13-11-14(16)5-6-15(13)19-9-7-18(4-2)8-10-19/h5-6,11,17H,3-4,7-10,12H2,1-2H3. The summed E-state index contributed by atoms with van der Waals surface area (Å²) in [6.45, 7) is 12.1. The maximum absolute atomic E-state index is 3.58. The summed E-state index contributed by atoms with van der Waals surface area (Å²) in [7, 11) is 0. The normalized spacial score (nSPS) is 16.9. The van der Waals surface area contributed by atoms with Crippen molar-refractivity contribution in [3.8, 4) is 0 Å². The lowest BCUT2D eigenvalue weighted by atomic mass is 10.1. The lowest BCUT2D eigenvalue weighted by molar-refractivity contribution is 0.271. The van der Waals surface area contributed by atoms with Crippen LogP contribution in [-0.2, 0) is 6.54 Å². The number of benzene rings is 1. The third-order valence-corrected chi connectivity index (χ3v) is 4.26. The highest BCUT2D eigenvalue weighted by atomic mass is 79.9. The first-order valence-electron chi connectivity index (χ1n) is 7.21. The molecule has 0 spiro atoms. The van der Waals surface area contributed by atoms with Gasteiger partial charge in [0.25, 0.3) is 0 Å². The van der Waals surface area contributed by atoms with Crippen molar-refractivity contribution in [3.63, 3.8) is 0 Å². The molecule has 1 aromatic rings. The van der Waals surface area contributed by atoms with Crippen LogP contribution in [0.2, 0.25) is 0 Å². The fourth-order valence-corrected chi connectivity index (χ4v) is 2.98. The minimum atomic E-state index is 0.944. The number of anilines is 1. The summed E-state index contributed by atoms with van der Waals surface area (Å²) in [6, 6.07) is 6.64. The van der Waals surface area contributed by atoms with Gasteiger partial charge in [-0.2, -0.15) is 0 Å². The molecule has 1 saturated heterocycles. The SMILES string of the molecule is CCNCc1cc(Br)ccc1N1CCN(CC)CC1. The van der Waals surface area contributed by atoms with Crippen LogP contribution in [0, 0.1) is 0 Å². The number of halogens is 1. The molecular weight excluding hydrogens is 302 g/mol. The highest BCUT2D eigenvalue weighted by Gasteiger charge is 2.18. The second-order valence-corrected chi connectivity index (χ2v) is 5.89. The minimum absolute atomic E-state index is 0.944. The Morgan fingerprint density at radius 3 is 2.53 bits per heavy atom. The number of likely N-dealkylation sites (N-methyl/N-ethyl adjacent to an activating group) is 1. The van der Waals surface area contributed by atoms with Gasteiger partial charge in [0, 0.05) is 42.9 Å². The smallest absolute Gasteiger partial charge is 0.0413 e. The van der Waals surface area contributed by atoms with Gasteiger partial charge in [0.1, 0.15) is 0 Å². The second-order valence-electron chi connectivity index (χ2n) is 4.97. The molecular formula is C15H24BrN3. The molecule has 0 bridgehead atoms. The maximum atomic E-state index is 3.58. The van der Waals surface area contributed by atoms with Crippen LogP contribution in [0.5, 0.6) is 0 Å². The Balaban J connectivity index is 2.10. The zero-order chi connectivity index (χ0) is 13.7. The predicted octanol–water partition coefficient (Wildman–Crippen LogP) is 2.70. The average Bonchev–Trinajstić information content (AvgIpc) is 2.45. The lowest BCUT2D eigenvalue weighted by Gasteiger charge is -2.36. The summed E-state index contributed by atoms with van der Waals surface area (Å²) in [4.78, 5) is 5.03. The maximum Gasteiger partial charge on any atom is 0.0413 e. The Morgan fingerprint density at radius 2 is 1.89 bits per heavy atom. The van der Waals surface area contributed by atoms with Gasteiger partial charge < -0.3 is 15.1 Å². The Hall–Kier alpha value is -0.580. The highest BCUT2D eigenvalue weighted by Crippen LogP contribution is 2.25. The van der Waals surface area contributed by atoms with E-state index in [9.17, 15) is 0 Å². The summed E-state index contributed by atoms with van der Waals surface area (Å²) in [5.41, 5.74) is 2.78. The van der Waals surface area contributed by atoms with E-state index in [1.165, 1.54) is 30.9 Å². The molecule has 2 rings (SSSR count). The molecule has 0 saturated carbocycles. The van der Waals surface area contributed by atoms with Crippen LogP contribution in [0.15, 0.2) is 22.7 Å². The van der Waals surface area contributed by atoms with E-state index in [4.69, 9.17) is 0 Å². The van der Waals surface area contributed by atoms with Crippen LogP contribution in [-0.4, -0.2) is 44.2 Å². The summed E-state index contributed by atoms with van der Waals surface area (Å²) >= 11 is 3.58. The van der Waals surface area contributed by atoms with E-state index in [2.05, 4.69) is 63.1 Å². The van der Waals surface area contributed by atoms with Gasteiger partial charge in [-0.15, -0.1) is 0 Å². The van der Waals surface area contributed by atoms with Gasteiger partial charge in [0.05, 0.1) is 0 Å². The number of hydrogen-bond donors (Lipinski definition) is 1. The minimum Gasteiger partial charge on any atom is -0.369 e. The van der Waals surface area contributed by atoms with Crippen molar-refractivity contribution in [2.45, 2.75) is 20.4 Å². The van der Waals surface area contributed by atoms with Gasteiger partial charge in [-0.05, 0) is 36.9 Å². The number of piperazine rings is 1. The van der Waals surface area contributed by atoms with E-state index >= 15 is 0 Å². The third kappa shape index (κ3) is 3.94. The first-order valence-corrected chi connectivity index (χ1v) is 8.00. The van der Waals surface area contributed by atoms with Gasteiger partial charge in [0.2, 0.25) is 0 Å². The summed E-state index contributed by atoms with van der Waals surface area (Å²) in [6.07, 6.45) is 0. The first-order chi connectivity index (χ1) is 9.24. The lowest BCUT2D eigenvalue weighted by Crippen LogP contribution is -2.46. The van der Waals surface area contributed by atoms with E-state index in [0.29, 0.717) is 0 Å². The molecule has 1 N–H and O–H groups in total. The van der Waals surface area contributed by atoms with Gasteiger partial charge in [-0.25, -0.2) is 0 Å². The van der Waals surface area contributed by atoms with Crippen LogP contribution < -0.4 is 10.2 Å². The van der Waals surface area contributed by atoms with E-state index in [1.54, 1.807) is 0 Å². The van der Waals surface area contributed by atoms with Crippen LogP contribution in [0.3, 0.4) is 0 Å². The molecule has 0 amide bonds. The topological polar surface area (TPSA) is 18.5 Å². The number of nitrogens with one attached hydrogen (secondary N) is 1. The number of hydrogen-bond acceptors (Lipinski definition) is 3. The molecule has 3 nitrogen and oxygen atoms in total. The quantitative estimate of drug-likeness (QED) is 0.898. The molecule has 1 aliphatic rings. The summed E-state index contributed by atoms with van der Waals surface area (Å²) in [5.74, 6) is 0. The summed E-state index contributed by atoms with van der Waals surface area (Å²) in [5, 5.41) is 3.43. The van der Waals surface area contributed by atoms with Crippen molar-refractivity contribution in [1.29, 1.82) is 0 Å². The molecule has 0 atom stereocenters. The van der Waals surface area contributed by atoms with Crippen molar-refractivity contribution in [1.82, 2.24) is 10.2 Å². The Labute approximate surface area is 125 Å². The zero-order valence-corrected chi connectivity index (χ0v) is 13.5. The molecule has 0 aromatic heterocycles. The molecule has 0 radical (unpaired) electrons. The van der Waals surface area contributed by atoms with E-state index in [-0.39, 0.29) is 0 Å². The first kappa shape index (κ1) is 14.8. The fraction of sp³-hybridized carbons (Fsp3) is 0.600. The van der Waals surface area contributed by atoms with Gasteiger partial charge in [-0.1, -0.05) is 29.8 Å². The van der Waals surface area contributed by atoms with E-state index in [1.807, 2.05) is 0 Å². The van der Waals surface area contributed by atoms with Gasteiger partial charge in [-0.3, -0.25) is 0 Å². The average molecular weight is 326 g/mol. The molecule has 1 fully saturated rings. The zero-order valence-electron chi connectivity index (χ0n) is 12.0. The van der Waals surface area contributed by atoms with Crippen molar-refractivity contribution < 1.29 is 0 Å². The van der Waals surface area contributed by atoms with Crippen molar-refractivity contribution >= 4 is 21.6 Å². The van der Waals surface area contributed by atoms with Gasteiger partial charge >= 0.3 is 0 Å². The van der Waals surface area contributed by atoms with E-state index < -0.39 is 0 Å².